The summed E-state index contributed by atoms with van der Waals surface area (Å²) in [5.74, 6) is 1.88. The first-order valence-electron chi connectivity index (χ1n) is 8.86. The van der Waals surface area contributed by atoms with E-state index in [1.54, 1.807) is 19.2 Å². The van der Waals surface area contributed by atoms with E-state index in [0.717, 1.165) is 12.8 Å². The molecule has 3 unspecified atom stereocenters. The number of hydrogen-bond donors (Lipinski definition) is 0. The maximum absolute atomic E-state index is 12.4. The highest BCUT2D eigenvalue weighted by Gasteiger charge is 2.38. The van der Waals surface area contributed by atoms with Crippen molar-refractivity contribution in [2.24, 2.45) is 11.8 Å². The lowest BCUT2D eigenvalue weighted by Gasteiger charge is -2.25. The van der Waals surface area contributed by atoms with Gasteiger partial charge in [0, 0.05) is 35.0 Å². The van der Waals surface area contributed by atoms with Crippen LogP contribution in [0.3, 0.4) is 0 Å². The summed E-state index contributed by atoms with van der Waals surface area (Å²) < 4.78 is 12.0. The number of Topliss-reactive ketones (excluding diaryl/α,β-unsaturated/α-hetero) is 1. The molecule has 1 heterocycles. The van der Waals surface area contributed by atoms with Crippen molar-refractivity contribution in [3.8, 4) is 22.6 Å². The van der Waals surface area contributed by atoms with Crippen molar-refractivity contribution in [3.63, 3.8) is 0 Å². The molecule has 0 spiro atoms. The van der Waals surface area contributed by atoms with Gasteiger partial charge in [-0.3, -0.25) is 9.78 Å². The van der Waals surface area contributed by atoms with Crippen LogP contribution in [0.25, 0.3) is 11.1 Å². The van der Waals surface area contributed by atoms with Crippen molar-refractivity contribution in [1.29, 1.82) is 0 Å². The van der Waals surface area contributed by atoms with Crippen LogP contribution in [0.5, 0.6) is 11.5 Å². The summed E-state index contributed by atoms with van der Waals surface area (Å²) >= 11 is 12.8. The van der Waals surface area contributed by atoms with Gasteiger partial charge in [0.2, 0.25) is 0 Å². The maximum atomic E-state index is 12.4. The van der Waals surface area contributed by atoms with Gasteiger partial charge in [0.15, 0.2) is 17.3 Å². The number of pyridine rings is 1. The van der Waals surface area contributed by atoms with Crippen molar-refractivity contribution in [3.05, 3.63) is 52.3 Å². The molecular formula is C21H19Cl2NO3. The van der Waals surface area contributed by atoms with E-state index in [1.807, 2.05) is 0 Å². The monoisotopic (exact) mass is 403 g/mol. The molecule has 1 aromatic heterocycles. The van der Waals surface area contributed by atoms with E-state index < -0.39 is 0 Å². The molecule has 2 bridgehead atoms. The molecule has 0 N–H and O–H groups in total. The van der Waals surface area contributed by atoms with Gasteiger partial charge in [-0.05, 0) is 37.8 Å². The second-order valence-electron chi connectivity index (χ2n) is 6.99. The molecule has 1 fully saturated rings. The zero-order valence-corrected chi connectivity index (χ0v) is 16.6. The van der Waals surface area contributed by atoms with E-state index in [0.29, 0.717) is 50.1 Å². The van der Waals surface area contributed by atoms with Gasteiger partial charge in [-0.25, -0.2) is 0 Å². The standard InChI is InChI=1S/C21H19Cl2NO3/c1-11(25)14-5-6-17(26-2)21(27-18-8-12-3-4-13(18)7-12)19(14)20-15(22)9-24-10-16(20)23/h3-6,9-10,12-13,18H,7-8H2,1-2H3. The van der Waals surface area contributed by atoms with Crippen molar-refractivity contribution >= 4 is 29.0 Å². The van der Waals surface area contributed by atoms with Gasteiger partial charge in [0.25, 0.3) is 0 Å². The zero-order valence-electron chi connectivity index (χ0n) is 15.0. The highest BCUT2D eigenvalue weighted by atomic mass is 35.5. The van der Waals surface area contributed by atoms with E-state index in [1.165, 1.54) is 19.3 Å². The van der Waals surface area contributed by atoms with Crippen LogP contribution in [0.1, 0.15) is 30.1 Å². The highest BCUT2D eigenvalue weighted by molar-refractivity contribution is 6.39. The van der Waals surface area contributed by atoms with Gasteiger partial charge in [-0.15, -0.1) is 0 Å². The van der Waals surface area contributed by atoms with Crippen LogP contribution in [-0.2, 0) is 0 Å². The number of nitrogens with zero attached hydrogens (tertiary/aromatic N) is 1. The summed E-state index contributed by atoms with van der Waals surface area (Å²) in [5.41, 5.74) is 1.58. The number of ether oxygens (including phenoxy) is 2. The predicted octanol–water partition coefficient (Wildman–Crippen LogP) is 5.61. The minimum Gasteiger partial charge on any atom is -0.493 e. The normalized spacial score (nSPS) is 22.9. The topological polar surface area (TPSA) is 48.4 Å². The van der Waals surface area contributed by atoms with E-state index >= 15 is 0 Å². The van der Waals surface area contributed by atoms with Crippen LogP contribution < -0.4 is 9.47 Å². The molecule has 6 heteroatoms. The average Bonchev–Trinajstić information content (AvgIpc) is 3.25. The quantitative estimate of drug-likeness (QED) is 0.480. The Morgan fingerprint density at radius 1 is 1.11 bits per heavy atom. The van der Waals surface area contributed by atoms with Crippen LogP contribution >= 0.6 is 23.2 Å². The van der Waals surface area contributed by atoms with E-state index in [9.17, 15) is 4.79 Å². The smallest absolute Gasteiger partial charge is 0.170 e. The third-order valence-corrected chi connectivity index (χ3v) is 5.88. The SMILES string of the molecule is COc1ccc(C(C)=O)c(-c2c(Cl)cncc2Cl)c1OC1CC2C=CC1C2. The second-order valence-corrected chi connectivity index (χ2v) is 7.80. The Labute approximate surface area is 168 Å². The van der Waals surface area contributed by atoms with Crippen molar-refractivity contribution in [2.45, 2.75) is 25.9 Å². The minimum absolute atomic E-state index is 0.0363. The summed E-state index contributed by atoms with van der Waals surface area (Å²) in [6.07, 6.45) is 9.58. The molecule has 2 aliphatic carbocycles. The Kier molecular flexibility index (Phi) is 4.87. The van der Waals surface area contributed by atoms with Crippen LogP contribution in [-0.4, -0.2) is 24.0 Å². The summed E-state index contributed by atoms with van der Waals surface area (Å²) in [4.78, 5) is 16.4. The Morgan fingerprint density at radius 2 is 1.85 bits per heavy atom. The number of aromatic nitrogens is 1. The fourth-order valence-corrected chi connectivity index (χ4v) is 4.60. The first-order valence-corrected chi connectivity index (χ1v) is 9.61. The lowest BCUT2D eigenvalue weighted by Crippen LogP contribution is -2.22. The minimum atomic E-state index is -0.103. The van der Waals surface area contributed by atoms with E-state index in [2.05, 4.69) is 17.1 Å². The molecule has 0 aliphatic heterocycles. The second kappa shape index (κ2) is 7.17. The highest BCUT2D eigenvalue weighted by Crippen LogP contribution is 2.49. The molecule has 2 aliphatic rings. The van der Waals surface area contributed by atoms with Crippen molar-refractivity contribution in [1.82, 2.24) is 4.98 Å². The molecule has 4 nitrogen and oxygen atoms in total. The Hall–Kier alpha value is -2.04. The van der Waals surface area contributed by atoms with Gasteiger partial charge >= 0.3 is 0 Å². The molecule has 2 aromatic rings. The summed E-state index contributed by atoms with van der Waals surface area (Å²) in [6, 6.07) is 3.47. The van der Waals surface area contributed by atoms with Crippen LogP contribution in [0, 0.1) is 11.8 Å². The van der Waals surface area contributed by atoms with Crippen LogP contribution in [0.2, 0.25) is 10.0 Å². The molecule has 0 radical (unpaired) electrons. The molecule has 4 rings (SSSR count). The number of methoxy groups -OCH3 is 1. The number of ketones is 1. The lowest BCUT2D eigenvalue weighted by molar-refractivity contribution is 0.101. The van der Waals surface area contributed by atoms with Gasteiger partial charge in [-0.2, -0.15) is 0 Å². The van der Waals surface area contributed by atoms with Crippen molar-refractivity contribution < 1.29 is 14.3 Å². The number of carbonyl (C=O) groups excluding carboxylic acids is 1. The van der Waals surface area contributed by atoms with Crippen LogP contribution in [0.4, 0.5) is 0 Å². The molecule has 0 saturated heterocycles. The molecule has 0 amide bonds. The Balaban J connectivity index is 1.91. The lowest BCUT2D eigenvalue weighted by atomic mass is 9.95. The molecule has 1 saturated carbocycles. The zero-order chi connectivity index (χ0) is 19.1. The molecule has 27 heavy (non-hydrogen) atoms. The Morgan fingerprint density at radius 3 is 2.41 bits per heavy atom. The summed E-state index contributed by atoms with van der Waals surface area (Å²) in [5, 5.41) is 0.715. The number of hydrogen-bond acceptors (Lipinski definition) is 4. The van der Waals surface area contributed by atoms with E-state index in [-0.39, 0.29) is 11.9 Å². The number of allylic oxidation sites excluding steroid dienone is 1. The number of halogens is 2. The van der Waals surface area contributed by atoms with Crippen LogP contribution in [0.15, 0.2) is 36.7 Å². The first kappa shape index (κ1) is 18.3. The first-order chi connectivity index (χ1) is 13.0. The van der Waals surface area contributed by atoms with Gasteiger partial charge in [0.05, 0.1) is 17.2 Å². The largest absolute Gasteiger partial charge is 0.493 e. The number of carbonyl (C=O) groups is 1. The average molecular weight is 404 g/mol. The predicted molar refractivity (Wildman–Crippen MR) is 106 cm³/mol. The fraction of sp³-hybridized carbons (Fsp3) is 0.333. The number of benzene rings is 1. The number of fused-ring (bicyclic) bond motifs is 2. The molecular weight excluding hydrogens is 385 g/mol. The van der Waals surface area contributed by atoms with Gasteiger partial charge < -0.3 is 9.47 Å². The van der Waals surface area contributed by atoms with Gasteiger partial charge in [0.1, 0.15) is 6.10 Å². The third-order valence-electron chi connectivity index (χ3n) is 5.31. The van der Waals surface area contributed by atoms with E-state index in [4.69, 9.17) is 32.7 Å². The van der Waals surface area contributed by atoms with Gasteiger partial charge in [-0.1, -0.05) is 35.4 Å². The summed E-state index contributed by atoms with van der Waals surface area (Å²) in [6.45, 7) is 1.51. The molecule has 1 aromatic carbocycles. The Bertz CT molecular complexity index is 921. The molecule has 3 atom stereocenters. The summed E-state index contributed by atoms with van der Waals surface area (Å²) in [7, 11) is 1.58. The third kappa shape index (κ3) is 3.21. The maximum Gasteiger partial charge on any atom is 0.170 e. The van der Waals surface area contributed by atoms with Crippen molar-refractivity contribution in [2.75, 3.05) is 7.11 Å². The molecule has 140 valence electrons. The fourth-order valence-electron chi connectivity index (χ4n) is 4.05. The number of rotatable bonds is 5.